The minimum atomic E-state index is -0.0370. The number of aryl methyl sites for hydroxylation is 1. The summed E-state index contributed by atoms with van der Waals surface area (Å²) in [5.41, 5.74) is 1.91. The molecule has 0 amide bonds. The van der Waals surface area contributed by atoms with Gasteiger partial charge >= 0.3 is 0 Å². The fourth-order valence-electron chi connectivity index (χ4n) is 3.41. The molecule has 0 unspecified atom stereocenters. The van der Waals surface area contributed by atoms with E-state index in [0.717, 1.165) is 70.0 Å². The number of rotatable bonds is 5. The van der Waals surface area contributed by atoms with Crippen LogP contribution in [0.2, 0.25) is 0 Å². The highest BCUT2D eigenvalue weighted by molar-refractivity contribution is 5.48. The molecular formula is C18H27FN2O. The zero-order valence-corrected chi connectivity index (χ0v) is 13.4. The molecule has 0 aromatic heterocycles. The molecule has 0 bridgehead atoms. The van der Waals surface area contributed by atoms with Gasteiger partial charge in [0.05, 0.1) is 13.2 Å². The summed E-state index contributed by atoms with van der Waals surface area (Å²) in [6.07, 6.45) is 5.59. The van der Waals surface area contributed by atoms with Crippen LogP contribution in [0.25, 0.3) is 0 Å². The van der Waals surface area contributed by atoms with Gasteiger partial charge in [-0.15, -0.1) is 0 Å². The summed E-state index contributed by atoms with van der Waals surface area (Å²) in [5.74, 6) is -0.0370. The Morgan fingerprint density at radius 3 is 2.50 bits per heavy atom. The standard InChI is InChI=1S/C18H27FN2O/c19-18-15-17(21-9-2-1-3-10-21)7-6-16(18)5-4-8-20-11-13-22-14-12-20/h6-7,15H,1-5,8-14H2. The maximum absolute atomic E-state index is 14.3. The van der Waals surface area contributed by atoms with Crippen molar-refractivity contribution in [1.82, 2.24) is 4.90 Å². The Kier molecular flexibility index (Phi) is 5.68. The van der Waals surface area contributed by atoms with Crippen molar-refractivity contribution in [3.05, 3.63) is 29.6 Å². The molecule has 22 heavy (non-hydrogen) atoms. The molecule has 0 N–H and O–H groups in total. The number of ether oxygens (including phenoxy) is 1. The molecule has 122 valence electrons. The van der Waals surface area contributed by atoms with Gasteiger partial charge in [0, 0.05) is 31.9 Å². The van der Waals surface area contributed by atoms with Crippen LogP contribution in [-0.4, -0.2) is 50.8 Å². The minimum Gasteiger partial charge on any atom is -0.379 e. The van der Waals surface area contributed by atoms with Crippen molar-refractivity contribution in [2.75, 3.05) is 50.8 Å². The van der Waals surface area contributed by atoms with E-state index >= 15 is 0 Å². The largest absolute Gasteiger partial charge is 0.379 e. The molecule has 1 aromatic rings. The number of halogens is 1. The quantitative estimate of drug-likeness (QED) is 0.831. The molecule has 3 nitrogen and oxygen atoms in total. The third-order valence-corrected chi connectivity index (χ3v) is 4.78. The molecule has 0 radical (unpaired) electrons. The van der Waals surface area contributed by atoms with E-state index in [4.69, 9.17) is 4.74 Å². The molecule has 0 aliphatic carbocycles. The Bertz CT molecular complexity index is 468. The average molecular weight is 306 g/mol. The van der Waals surface area contributed by atoms with Crippen molar-refractivity contribution in [2.24, 2.45) is 0 Å². The topological polar surface area (TPSA) is 15.7 Å². The van der Waals surface area contributed by atoms with Crippen molar-refractivity contribution in [3.8, 4) is 0 Å². The smallest absolute Gasteiger partial charge is 0.128 e. The monoisotopic (exact) mass is 306 g/mol. The molecule has 3 rings (SSSR count). The van der Waals surface area contributed by atoms with Crippen LogP contribution in [0, 0.1) is 5.82 Å². The second-order valence-corrected chi connectivity index (χ2v) is 6.38. The molecule has 4 heteroatoms. The molecule has 2 saturated heterocycles. The third kappa shape index (κ3) is 4.20. The molecule has 0 atom stereocenters. The predicted octanol–water partition coefficient (Wildman–Crippen LogP) is 3.08. The lowest BCUT2D eigenvalue weighted by Gasteiger charge is -2.29. The van der Waals surface area contributed by atoms with Gasteiger partial charge in [-0.25, -0.2) is 4.39 Å². The van der Waals surface area contributed by atoms with Crippen molar-refractivity contribution >= 4 is 5.69 Å². The van der Waals surface area contributed by atoms with E-state index in [0.29, 0.717) is 0 Å². The highest BCUT2D eigenvalue weighted by Crippen LogP contribution is 2.23. The van der Waals surface area contributed by atoms with Crippen LogP contribution in [0.3, 0.4) is 0 Å². The predicted molar refractivity (Wildman–Crippen MR) is 88.0 cm³/mol. The SMILES string of the molecule is Fc1cc(N2CCCCC2)ccc1CCCN1CCOCC1. The summed E-state index contributed by atoms with van der Waals surface area (Å²) in [6, 6.07) is 5.81. The van der Waals surface area contributed by atoms with E-state index in [1.54, 1.807) is 6.07 Å². The summed E-state index contributed by atoms with van der Waals surface area (Å²) in [4.78, 5) is 4.72. The van der Waals surface area contributed by atoms with Crippen molar-refractivity contribution in [2.45, 2.75) is 32.1 Å². The van der Waals surface area contributed by atoms with Gasteiger partial charge in [-0.3, -0.25) is 4.90 Å². The number of nitrogens with zero attached hydrogens (tertiary/aromatic N) is 2. The first kappa shape index (κ1) is 15.8. The summed E-state index contributed by atoms with van der Waals surface area (Å²) in [7, 11) is 0. The third-order valence-electron chi connectivity index (χ3n) is 4.78. The van der Waals surface area contributed by atoms with Crippen LogP contribution in [0.1, 0.15) is 31.2 Å². The van der Waals surface area contributed by atoms with Gasteiger partial charge in [0.2, 0.25) is 0 Å². The average Bonchev–Trinajstić information content (AvgIpc) is 2.58. The zero-order chi connectivity index (χ0) is 15.2. The Labute approximate surface area is 133 Å². The number of piperidine rings is 1. The first-order chi connectivity index (χ1) is 10.8. The van der Waals surface area contributed by atoms with E-state index in [-0.39, 0.29) is 5.82 Å². The van der Waals surface area contributed by atoms with E-state index in [1.807, 2.05) is 6.07 Å². The lowest BCUT2D eigenvalue weighted by Crippen LogP contribution is -2.36. The number of anilines is 1. The van der Waals surface area contributed by atoms with Crippen LogP contribution in [0.15, 0.2) is 18.2 Å². The highest BCUT2D eigenvalue weighted by Gasteiger charge is 2.14. The lowest BCUT2D eigenvalue weighted by atomic mass is 10.1. The number of benzene rings is 1. The fraction of sp³-hybridized carbons (Fsp3) is 0.667. The van der Waals surface area contributed by atoms with E-state index in [9.17, 15) is 4.39 Å². The van der Waals surface area contributed by atoms with Gasteiger partial charge in [-0.1, -0.05) is 6.07 Å². The van der Waals surface area contributed by atoms with Gasteiger partial charge in [0.15, 0.2) is 0 Å². The number of morpholine rings is 1. The summed E-state index contributed by atoms with van der Waals surface area (Å²) in [6.45, 7) is 6.85. The molecule has 2 aliphatic rings. The van der Waals surface area contributed by atoms with E-state index in [1.165, 1.54) is 19.3 Å². The Balaban J connectivity index is 1.50. The van der Waals surface area contributed by atoms with Crippen LogP contribution in [0.5, 0.6) is 0 Å². The maximum atomic E-state index is 14.3. The van der Waals surface area contributed by atoms with Crippen LogP contribution < -0.4 is 4.90 Å². The van der Waals surface area contributed by atoms with E-state index in [2.05, 4.69) is 15.9 Å². The zero-order valence-electron chi connectivity index (χ0n) is 13.4. The minimum absolute atomic E-state index is 0.0370. The number of hydrogen-bond acceptors (Lipinski definition) is 3. The van der Waals surface area contributed by atoms with Gasteiger partial charge < -0.3 is 9.64 Å². The Morgan fingerprint density at radius 1 is 1.00 bits per heavy atom. The maximum Gasteiger partial charge on any atom is 0.128 e. The Morgan fingerprint density at radius 2 is 1.77 bits per heavy atom. The van der Waals surface area contributed by atoms with E-state index < -0.39 is 0 Å². The van der Waals surface area contributed by atoms with Crippen LogP contribution in [0.4, 0.5) is 10.1 Å². The van der Waals surface area contributed by atoms with Gasteiger partial charge in [-0.2, -0.15) is 0 Å². The number of hydrogen-bond donors (Lipinski definition) is 0. The molecule has 2 heterocycles. The first-order valence-electron chi connectivity index (χ1n) is 8.66. The van der Waals surface area contributed by atoms with Crippen molar-refractivity contribution < 1.29 is 9.13 Å². The van der Waals surface area contributed by atoms with Gasteiger partial charge in [0.25, 0.3) is 0 Å². The van der Waals surface area contributed by atoms with Crippen LogP contribution in [-0.2, 0) is 11.2 Å². The summed E-state index contributed by atoms with van der Waals surface area (Å²) in [5, 5.41) is 0. The fourth-order valence-corrected chi connectivity index (χ4v) is 3.41. The van der Waals surface area contributed by atoms with Gasteiger partial charge in [-0.05, 0) is 56.3 Å². The molecule has 2 aliphatic heterocycles. The molecule has 1 aromatic carbocycles. The first-order valence-corrected chi connectivity index (χ1v) is 8.66. The summed E-state index contributed by atoms with van der Waals surface area (Å²) < 4.78 is 19.7. The molecule has 0 saturated carbocycles. The van der Waals surface area contributed by atoms with Crippen molar-refractivity contribution in [3.63, 3.8) is 0 Å². The normalized spacial score (nSPS) is 20.3. The summed E-state index contributed by atoms with van der Waals surface area (Å²) >= 11 is 0. The lowest BCUT2D eigenvalue weighted by molar-refractivity contribution is 0.0374. The second-order valence-electron chi connectivity index (χ2n) is 6.38. The van der Waals surface area contributed by atoms with Gasteiger partial charge in [0.1, 0.15) is 5.82 Å². The van der Waals surface area contributed by atoms with Crippen LogP contribution >= 0.6 is 0 Å². The van der Waals surface area contributed by atoms with Crippen molar-refractivity contribution in [1.29, 1.82) is 0 Å². The second kappa shape index (κ2) is 7.93. The Hall–Kier alpha value is -1.13. The molecular weight excluding hydrogens is 279 g/mol. The molecule has 2 fully saturated rings. The molecule has 0 spiro atoms. The highest BCUT2D eigenvalue weighted by atomic mass is 19.1.